The third-order valence-corrected chi connectivity index (χ3v) is 6.81. The lowest BCUT2D eigenvalue weighted by atomic mass is 9.88. The number of sulfonamides is 1. The lowest BCUT2D eigenvalue weighted by Crippen LogP contribution is -2.33. The monoisotopic (exact) mass is 457 g/mol. The smallest absolute Gasteiger partial charge is 0.207 e. The Labute approximate surface area is 177 Å². The third-order valence-electron chi connectivity index (χ3n) is 4.79. The molecule has 0 amide bonds. The van der Waals surface area contributed by atoms with E-state index in [2.05, 4.69) is 25.3 Å². The maximum Gasteiger partial charge on any atom is 0.244 e. The zero-order valence-electron chi connectivity index (χ0n) is 15.7. The molecule has 1 aromatic heterocycles. The van der Waals surface area contributed by atoms with Gasteiger partial charge in [0.15, 0.2) is 5.82 Å². The third kappa shape index (κ3) is 4.42. The molecule has 0 aliphatic carbocycles. The van der Waals surface area contributed by atoms with Gasteiger partial charge in [0.1, 0.15) is 10.7 Å². The molecule has 2 atom stereocenters. The van der Waals surface area contributed by atoms with Gasteiger partial charge in [-0.2, -0.15) is 9.94 Å². The average molecular weight is 458 g/mol. The summed E-state index contributed by atoms with van der Waals surface area (Å²) in [6.45, 7) is 5.60. The van der Waals surface area contributed by atoms with Gasteiger partial charge in [-0.05, 0) is 54.8 Å². The molecule has 0 radical (unpaired) electrons. The first-order valence-corrected chi connectivity index (χ1v) is 10.8. The lowest BCUT2D eigenvalue weighted by Gasteiger charge is -2.25. The van der Waals surface area contributed by atoms with Gasteiger partial charge in [-0.1, -0.05) is 41.4 Å². The minimum Gasteiger partial charge on any atom is -0.207 e. The Morgan fingerprint density at radius 2 is 1.90 bits per heavy atom. The molecule has 7 nitrogen and oxygen atoms in total. The van der Waals surface area contributed by atoms with Gasteiger partial charge in [-0.25, -0.2) is 12.8 Å². The fraction of sp³-hybridized carbons (Fsp3) is 0.278. The molecule has 0 aliphatic heterocycles. The summed E-state index contributed by atoms with van der Waals surface area (Å²) in [6.07, 6.45) is 0. The normalized spacial score (nSPS) is 14.0. The molecule has 0 saturated heterocycles. The van der Waals surface area contributed by atoms with Crippen LogP contribution in [-0.4, -0.2) is 29.0 Å². The largest absolute Gasteiger partial charge is 0.244 e. The Hall–Kier alpha value is -2.07. The van der Waals surface area contributed by atoms with Crippen molar-refractivity contribution in [2.45, 2.75) is 37.6 Å². The van der Waals surface area contributed by atoms with E-state index in [1.165, 1.54) is 6.07 Å². The number of rotatable bonds is 6. The van der Waals surface area contributed by atoms with Crippen molar-refractivity contribution in [3.05, 3.63) is 68.7 Å². The molecule has 0 saturated carbocycles. The molecule has 1 heterocycles. The standard InChI is InChI=1S/C18H18Cl2FN5O2S/c1-9-4-6-13(20)16(10(9)2)11(3)17(18-22-25-26-23-18)24-29(27,28)15-8-12(19)5-7-14(15)21/h4-8,11,17,24H,1-3H3,(H,22,23,25,26). The lowest BCUT2D eigenvalue weighted by molar-refractivity contribution is 0.491. The minimum atomic E-state index is -4.30. The van der Waals surface area contributed by atoms with Crippen LogP contribution in [0.5, 0.6) is 0 Å². The van der Waals surface area contributed by atoms with Gasteiger partial charge in [0.2, 0.25) is 10.0 Å². The highest BCUT2D eigenvalue weighted by atomic mass is 35.5. The predicted molar refractivity (Wildman–Crippen MR) is 108 cm³/mol. The number of aromatic nitrogens is 4. The fourth-order valence-corrected chi connectivity index (χ4v) is 5.11. The van der Waals surface area contributed by atoms with Crippen molar-refractivity contribution in [3.63, 3.8) is 0 Å². The molecule has 2 unspecified atom stereocenters. The van der Waals surface area contributed by atoms with E-state index in [1.54, 1.807) is 13.0 Å². The molecular formula is C18H18Cl2FN5O2S. The summed E-state index contributed by atoms with van der Waals surface area (Å²) < 4.78 is 42.6. The zero-order chi connectivity index (χ0) is 21.3. The average Bonchev–Trinajstić information content (AvgIpc) is 3.19. The number of halogens is 3. The fourth-order valence-electron chi connectivity index (χ4n) is 3.12. The van der Waals surface area contributed by atoms with E-state index in [1.807, 2.05) is 19.9 Å². The van der Waals surface area contributed by atoms with Gasteiger partial charge < -0.3 is 0 Å². The van der Waals surface area contributed by atoms with Gasteiger partial charge in [-0.15, -0.1) is 10.2 Å². The number of H-pyrrole nitrogens is 1. The first-order valence-electron chi connectivity index (χ1n) is 8.58. The molecule has 3 rings (SSSR count). The molecule has 0 bridgehead atoms. The maximum absolute atomic E-state index is 14.2. The van der Waals surface area contributed by atoms with Crippen LogP contribution in [0.15, 0.2) is 35.2 Å². The van der Waals surface area contributed by atoms with Crippen molar-refractivity contribution in [2.75, 3.05) is 0 Å². The molecule has 0 spiro atoms. The van der Waals surface area contributed by atoms with Gasteiger partial charge in [0.25, 0.3) is 0 Å². The second-order valence-electron chi connectivity index (χ2n) is 6.64. The van der Waals surface area contributed by atoms with Crippen molar-refractivity contribution >= 4 is 33.2 Å². The first-order chi connectivity index (χ1) is 13.6. The number of hydrogen-bond donors (Lipinski definition) is 2. The van der Waals surface area contributed by atoms with Crippen molar-refractivity contribution in [1.82, 2.24) is 25.3 Å². The van der Waals surface area contributed by atoms with Gasteiger partial charge in [0.05, 0.1) is 6.04 Å². The summed E-state index contributed by atoms with van der Waals surface area (Å²) in [5, 5.41) is 14.2. The van der Waals surface area contributed by atoms with Crippen LogP contribution < -0.4 is 4.72 Å². The van der Waals surface area contributed by atoms with Crippen LogP contribution in [0.25, 0.3) is 0 Å². The number of aryl methyl sites for hydroxylation is 1. The van der Waals surface area contributed by atoms with Crippen molar-refractivity contribution in [1.29, 1.82) is 0 Å². The number of tetrazole rings is 1. The first kappa shape index (κ1) is 21.6. The minimum absolute atomic E-state index is 0.0912. The van der Waals surface area contributed by atoms with Gasteiger partial charge in [0, 0.05) is 16.0 Å². The summed E-state index contributed by atoms with van der Waals surface area (Å²) in [4.78, 5) is -0.572. The van der Waals surface area contributed by atoms with Crippen LogP contribution in [0.2, 0.25) is 10.0 Å². The highest BCUT2D eigenvalue weighted by molar-refractivity contribution is 7.89. The zero-order valence-corrected chi connectivity index (χ0v) is 18.1. The molecule has 2 aromatic carbocycles. The van der Waals surface area contributed by atoms with Crippen LogP contribution in [0.3, 0.4) is 0 Å². The van der Waals surface area contributed by atoms with Gasteiger partial charge in [-0.3, -0.25) is 0 Å². The Morgan fingerprint density at radius 3 is 2.55 bits per heavy atom. The maximum atomic E-state index is 14.2. The van der Waals surface area contributed by atoms with Crippen LogP contribution in [0.4, 0.5) is 4.39 Å². The molecular weight excluding hydrogens is 440 g/mol. The van der Waals surface area contributed by atoms with E-state index in [4.69, 9.17) is 23.2 Å². The van der Waals surface area contributed by atoms with Crippen molar-refractivity contribution in [3.8, 4) is 0 Å². The predicted octanol–water partition coefficient (Wildman–Crippen LogP) is 4.09. The summed E-state index contributed by atoms with van der Waals surface area (Å²) in [6, 6.07) is 5.96. The molecule has 154 valence electrons. The molecule has 0 aliphatic rings. The molecule has 29 heavy (non-hydrogen) atoms. The second kappa shape index (κ2) is 8.35. The van der Waals surface area contributed by atoms with E-state index in [0.29, 0.717) is 5.02 Å². The Kier molecular flexibility index (Phi) is 6.23. The molecule has 2 N–H and O–H groups in total. The Morgan fingerprint density at radius 1 is 1.17 bits per heavy atom. The van der Waals surface area contributed by atoms with E-state index in [9.17, 15) is 12.8 Å². The summed E-state index contributed by atoms with van der Waals surface area (Å²) >= 11 is 12.3. The van der Waals surface area contributed by atoms with E-state index in [0.717, 1.165) is 28.8 Å². The summed E-state index contributed by atoms with van der Waals surface area (Å²) in [7, 11) is -4.30. The number of benzene rings is 2. The van der Waals surface area contributed by atoms with Gasteiger partial charge >= 0.3 is 0 Å². The van der Waals surface area contributed by atoms with Crippen LogP contribution in [0, 0.1) is 19.7 Å². The van der Waals surface area contributed by atoms with E-state index >= 15 is 0 Å². The summed E-state index contributed by atoms with van der Waals surface area (Å²) in [5.41, 5.74) is 2.63. The molecule has 11 heteroatoms. The topological polar surface area (TPSA) is 101 Å². The molecule has 3 aromatic rings. The summed E-state index contributed by atoms with van der Waals surface area (Å²) in [5.74, 6) is -1.32. The Balaban J connectivity index is 2.08. The highest BCUT2D eigenvalue weighted by Gasteiger charge is 2.33. The second-order valence-corrected chi connectivity index (χ2v) is 9.16. The van der Waals surface area contributed by atoms with E-state index < -0.39 is 32.7 Å². The van der Waals surface area contributed by atoms with Crippen LogP contribution in [-0.2, 0) is 10.0 Å². The number of nitrogens with zero attached hydrogens (tertiary/aromatic N) is 3. The number of nitrogens with one attached hydrogen (secondary N) is 2. The van der Waals surface area contributed by atoms with Crippen LogP contribution in [0.1, 0.15) is 41.4 Å². The van der Waals surface area contributed by atoms with Crippen molar-refractivity contribution in [2.24, 2.45) is 0 Å². The Bertz CT molecular complexity index is 1140. The molecule has 0 fully saturated rings. The quantitative estimate of drug-likeness (QED) is 0.580. The van der Waals surface area contributed by atoms with E-state index in [-0.39, 0.29) is 10.8 Å². The highest BCUT2D eigenvalue weighted by Crippen LogP contribution is 2.37. The van der Waals surface area contributed by atoms with Crippen LogP contribution >= 0.6 is 23.2 Å². The van der Waals surface area contributed by atoms with Crippen molar-refractivity contribution < 1.29 is 12.8 Å². The number of hydrogen-bond acceptors (Lipinski definition) is 5. The number of aromatic amines is 1. The SMILES string of the molecule is Cc1ccc(Cl)c(C(C)C(NS(=O)(=O)c2cc(Cl)ccc2F)c2nn[nH]n2)c1C.